The number of thiophene rings is 1. The highest BCUT2D eigenvalue weighted by atomic mass is 32.2. The number of thioether (sulfide) groups is 1. The van der Waals surface area contributed by atoms with Gasteiger partial charge in [0.15, 0.2) is 0 Å². The average molecular weight is 482 g/mol. The van der Waals surface area contributed by atoms with Crippen LogP contribution >= 0.6 is 23.1 Å². The van der Waals surface area contributed by atoms with E-state index >= 15 is 0 Å². The van der Waals surface area contributed by atoms with E-state index < -0.39 is 0 Å². The van der Waals surface area contributed by atoms with Gasteiger partial charge in [-0.25, -0.2) is 4.79 Å². The standard InChI is InChI=1S/C27H31NO3S2/c1-5-31-26(30)24-21-13-11-19(27(2,3)4)15-22(21)33-25(24)28-23(29)16-32-20-12-10-17-8-6-7-9-18(17)14-20/h6-10,12,14,19H,5,11,13,15-16H2,1-4H3,(H,28,29)/t19-/m1/s1. The molecule has 1 heterocycles. The molecule has 0 radical (unpaired) electrons. The van der Waals surface area contributed by atoms with Gasteiger partial charge in [-0.1, -0.05) is 51.1 Å². The lowest BCUT2D eigenvalue weighted by molar-refractivity contribution is -0.113. The second-order valence-corrected chi connectivity index (χ2v) is 11.7. The molecule has 0 saturated heterocycles. The fourth-order valence-corrected chi connectivity index (χ4v) is 6.48. The molecule has 0 fully saturated rings. The largest absolute Gasteiger partial charge is 0.462 e. The number of benzene rings is 2. The van der Waals surface area contributed by atoms with Gasteiger partial charge < -0.3 is 10.1 Å². The van der Waals surface area contributed by atoms with Gasteiger partial charge >= 0.3 is 5.97 Å². The van der Waals surface area contributed by atoms with Crippen LogP contribution in [0.15, 0.2) is 47.4 Å². The Kier molecular flexibility index (Phi) is 7.15. The summed E-state index contributed by atoms with van der Waals surface area (Å²) in [5.41, 5.74) is 1.84. The average Bonchev–Trinajstić information content (AvgIpc) is 3.14. The quantitative estimate of drug-likeness (QED) is 0.305. The summed E-state index contributed by atoms with van der Waals surface area (Å²) >= 11 is 3.05. The topological polar surface area (TPSA) is 55.4 Å². The Hall–Kier alpha value is -2.31. The van der Waals surface area contributed by atoms with Crippen molar-refractivity contribution in [2.45, 2.75) is 51.9 Å². The van der Waals surface area contributed by atoms with E-state index in [1.807, 2.05) is 25.1 Å². The summed E-state index contributed by atoms with van der Waals surface area (Å²) in [5, 5.41) is 6.00. The SMILES string of the molecule is CCOC(=O)c1c(NC(=O)CSc2ccc3ccccc3c2)sc2c1CC[C@@H](C(C)(C)C)C2. The highest BCUT2D eigenvalue weighted by Gasteiger charge is 2.34. The molecule has 33 heavy (non-hydrogen) atoms. The van der Waals surface area contributed by atoms with Gasteiger partial charge in [-0.05, 0) is 66.0 Å². The Morgan fingerprint density at radius 2 is 1.91 bits per heavy atom. The number of carbonyl (C=O) groups excluding carboxylic acids is 2. The van der Waals surface area contributed by atoms with Gasteiger partial charge in [-0.15, -0.1) is 23.1 Å². The van der Waals surface area contributed by atoms with Crippen LogP contribution in [-0.2, 0) is 22.4 Å². The number of nitrogens with one attached hydrogen (secondary N) is 1. The first-order valence-corrected chi connectivity index (χ1v) is 13.3. The molecule has 4 nitrogen and oxygen atoms in total. The van der Waals surface area contributed by atoms with Crippen LogP contribution in [0.4, 0.5) is 5.00 Å². The van der Waals surface area contributed by atoms with E-state index in [-0.39, 0.29) is 23.0 Å². The molecule has 3 aromatic rings. The number of carbonyl (C=O) groups is 2. The molecular formula is C27H31NO3S2. The lowest BCUT2D eigenvalue weighted by Crippen LogP contribution is -2.26. The van der Waals surface area contributed by atoms with Gasteiger partial charge in [0, 0.05) is 9.77 Å². The lowest BCUT2D eigenvalue weighted by atomic mass is 9.72. The summed E-state index contributed by atoms with van der Waals surface area (Å²) in [7, 11) is 0. The highest BCUT2D eigenvalue weighted by molar-refractivity contribution is 8.00. The third kappa shape index (κ3) is 5.44. The molecule has 0 aliphatic heterocycles. The number of rotatable bonds is 6. The van der Waals surface area contributed by atoms with Crippen molar-refractivity contribution in [3.8, 4) is 0 Å². The smallest absolute Gasteiger partial charge is 0.341 e. The third-order valence-corrected chi connectivity index (χ3v) is 8.48. The van der Waals surface area contributed by atoms with Gasteiger partial charge in [0.1, 0.15) is 5.00 Å². The molecule has 4 rings (SSSR count). The molecule has 0 bridgehead atoms. The van der Waals surface area contributed by atoms with E-state index in [1.54, 1.807) is 11.3 Å². The number of hydrogen-bond acceptors (Lipinski definition) is 5. The van der Waals surface area contributed by atoms with Crippen LogP contribution in [0.2, 0.25) is 0 Å². The molecule has 1 aliphatic carbocycles. The Morgan fingerprint density at radius 1 is 1.15 bits per heavy atom. The molecule has 1 N–H and O–H groups in total. The zero-order chi connectivity index (χ0) is 23.6. The summed E-state index contributed by atoms with van der Waals surface area (Å²) in [6.45, 7) is 8.95. The first kappa shape index (κ1) is 23.8. The van der Waals surface area contributed by atoms with Crippen LogP contribution in [0.25, 0.3) is 10.8 Å². The summed E-state index contributed by atoms with van der Waals surface area (Å²) < 4.78 is 5.35. The lowest BCUT2D eigenvalue weighted by Gasteiger charge is -2.33. The van der Waals surface area contributed by atoms with Crippen LogP contribution in [-0.4, -0.2) is 24.2 Å². The molecule has 174 valence electrons. The monoisotopic (exact) mass is 481 g/mol. The minimum atomic E-state index is -0.332. The number of esters is 1. The Morgan fingerprint density at radius 3 is 2.64 bits per heavy atom. The Bertz CT molecular complexity index is 1180. The van der Waals surface area contributed by atoms with Gasteiger partial charge in [0.25, 0.3) is 0 Å². The third-order valence-electron chi connectivity index (χ3n) is 6.31. The minimum Gasteiger partial charge on any atom is -0.462 e. The molecule has 6 heteroatoms. The maximum absolute atomic E-state index is 12.8. The summed E-state index contributed by atoms with van der Waals surface area (Å²) in [6.07, 6.45) is 2.84. The molecule has 1 amide bonds. The van der Waals surface area contributed by atoms with Crippen molar-refractivity contribution in [3.05, 3.63) is 58.5 Å². The number of anilines is 1. The zero-order valence-electron chi connectivity index (χ0n) is 19.7. The molecule has 1 atom stereocenters. The van der Waals surface area contributed by atoms with E-state index in [1.165, 1.54) is 22.0 Å². The molecule has 1 aliphatic rings. The van der Waals surface area contributed by atoms with Crippen molar-refractivity contribution in [1.82, 2.24) is 0 Å². The van der Waals surface area contributed by atoms with Crippen molar-refractivity contribution in [1.29, 1.82) is 0 Å². The van der Waals surface area contributed by atoms with E-state index in [4.69, 9.17) is 4.74 Å². The molecule has 2 aromatic carbocycles. The van der Waals surface area contributed by atoms with Crippen LogP contribution < -0.4 is 5.32 Å². The first-order valence-electron chi connectivity index (χ1n) is 11.5. The highest BCUT2D eigenvalue weighted by Crippen LogP contribution is 2.44. The van der Waals surface area contributed by atoms with Gasteiger partial charge in [0.05, 0.1) is 17.9 Å². The fraction of sp³-hybridized carbons (Fsp3) is 0.407. The Balaban J connectivity index is 1.50. The maximum atomic E-state index is 12.8. The maximum Gasteiger partial charge on any atom is 0.341 e. The molecule has 0 saturated carbocycles. The normalized spacial score (nSPS) is 15.8. The fourth-order valence-electron chi connectivity index (χ4n) is 4.40. The van der Waals surface area contributed by atoms with E-state index in [0.717, 1.165) is 35.1 Å². The number of hydrogen-bond donors (Lipinski definition) is 1. The first-order chi connectivity index (χ1) is 15.8. The van der Waals surface area contributed by atoms with Crippen LogP contribution in [0, 0.1) is 11.3 Å². The second-order valence-electron chi connectivity index (χ2n) is 9.58. The van der Waals surface area contributed by atoms with E-state index in [0.29, 0.717) is 23.1 Å². The van der Waals surface area contributed by atoms with Crippen molar-refractivity contribution in [3.63, 3.8) is 0 Å². The van der Waals surface area contributed by atoms with Crippen molar-refractivity contribution in [2.24, 2.45) is 11.3 Å². The summed E-state index contributed by atoms with van der Waals surface area (Å²) in [4.78, 5) is 27.9. The van der Waals surface area contributed by atoms with Gasteiger partial charge in [-0.3, -0.25) is 4.79 Å². The molecule has 0 unspecified atom stereocenters. The predicted octanol–water partition coefficient (Wildman–Crippen LogP) is 6.96. The molecular weight excluding hydrogens is 450 g/mol. The zero-order valence-corrected chi connectivity index (χ0v) is 21.3. The van der Waals surface area contributed by atoms with Gasteiger partial charge in [-0.2, -0.15) is 0 Å². The van der Waals surface area contributed by atoms with Crippen molar-refractivity contribution >= 4 is 50.7 Å². The van der Waals surface area contributed by atoms with E-state index in [2.05, 4.69) is 50.4 Å². The van der Waals surface area contributed by atoms with Crippen LogP contribution in [0.1, 0.15) is 54.9 Å². The van der Waals surface area contributed by atoms with Crippen molar-refractivity contribution < 1.29 is 14.3 Å². The predicted molar refractivity (Wildman–Crippen MR) is 139 cm³/mol. The summed E-state index contributed by atoms with van der Waals surface area (Å²) in [6, 6.07) is 14.4. The number of amides is 1. The second kappa shape index (κ2) is 9.90. The van der Waals surface area contributed by atoms with Crippen LogP contribution in [0.5, 0.6) is 0 Å². The Labute approximate surface area is 204 Å². The number of fused-ring (bicyclic) bond motifs is 2. The van der Waals surface area contributed by atoms with Crippen LogP contribution in [0.3, 0.4) is 0 Å². The summed E-state index contributed by atoms with van der Waals surface area (Å²) in [5.74, 6) is 0.408. The molecule has 0 spiro atoms. The van der Waals surface area contributed by atoms with E-state index in [9.17, 15) is 9.59 Å². The molecule has 1 aromatic heterocycles. The van der Waals surface area contributed by atoms with Crippen molar-refractivity contribution in [2.75, 3.05) is 17.7 Å². The van der Waals surface area contributed by atoms with Gasteiger partial charge in [0.2, 0.25) is 5.91 Å². The number of ether oxygens (including phenoxy) is 1. The minimum absolute atomic E-state index is 0.107.